The second-order valence-corrected chi connectivity index (χ2v) is 5.10. The van der Waals surface area contributed by atoms with Crippen molar-refractivity contribution in [2.24, 2.45) is 0 Å². The van der Waals surface area contributed by atoms with E-state index in [4.69, 9.17) is 0 Å². The van der Waals surface area contributed by atoms with Crippen LogP contribution in [0.2, 0.25) is 0 Å². The summed E-state index contributed by atoms with van der Waals surface area (Å²) in [5, 5.41) is 0. The maximum atomic E-state index is 11.6. The molecule has 0 bridgehead atoms. The standard InChI is InChI=1S/C9H7BrN2OS/c10-8-4-3-7(14-8)9(13)11-12-5-1-2-6-12/h1-6H,(H,11,13). The number of rotatable bonds is 2. The molecule has 0 saturated heterocycles. The number of carbonyl (C=O) groups is 1. The number of aromatic nitrogens is 1. The van der Waals surface area contributed by atoms with Gasteiger partial charge in [-0.2, -0.15) is 0 Å². The third kappa shape index (κ3) is 2.05. The monoisotopic (exact) mass is 270 g/mol. The van der Waals surface area contributed by atoms with Crippen molar-refractivity contribution in [3.05, 3.63) is 45.3 Å². The van der Waals surface area contributed by atoms with Crippen LogP contribution in [0, 0.1) is 0 Å². The highest BCUT2D eigenvalue weighted by Gasteiger charge is 2.07. The fourth-order valence-corrected chi connectivity index (χ4v) is 2.29. The summed E-state index contributed by atoms with van der Waals surface area (Å²) in [6.07, 6.45) is 3.56. The van der Waals surface area contributed by atoms with Gasteiger partial charge in [-0.15, -0.1) is 11.3 Å². The molecule has 0 radical (unpaired) electrons. The van der Waals surface area contributed by atoms with Crippen LogP contribution >= 0.6 is 27.3 Å². The minimum Gasteiger partial charge on any atom is -0.268 e. The summed E-state index contributed by atoms with van der Waals surface area (Å²) in [6.45, 7) is 0. The zero-order valence-corrected chi connectivity index (χ0v) is 9.51. The van der Waals surface area contributed by atoms with Crippen molar-refractivity contribution in [2.45, 2.75) is 0 Å². The average Bonchev–Trinajstić information content (AvgIpc) is 2.75. The fraction of sp³-hybridized carbons (Fsp3) is 0. The molecule has 1 N–H and O–H groups in total. The second-order valence-electron chi connectivity index (χ2n) is 2.63. The van der Waals surface area contributed by atoms with Gasteiger partial charge in [0.25, 0.3) is 5.91 Å². The second kappa shape index (κ2) is 3.98. The normalized spacial score (nSPS) is 10.1. The predicted octanol–water partition coefficient (Wildman–Crippen LogP) is 2.70. The summed E-state index contributed by atoms with van der Waals surface area (Å²) in [4.78, 5) is 12.3. The molecule has 14 heavy (non-hydrogen) atoms. The number of nitrogens with one attached hydrogen (secondary N) is 1. The van der Waals surface area contributed by atoms with Gasteiger partial charge in [0.2, 0.25) is 0 Å². The van der Waals surface area contributed by atoms with E-state index in [1.165, 1.54) is 11.3 Å². The van der Waals surface area contributed by atoms with E-state index in [2.05, 4.69) is 21.4 Å². The first-order valence-electron chi connectivity index (χ1n) is 3.95. The zero-order chi connectivity index (χ0) is 9.97. The molecule has 0 saturated carbocycles. The van der Waals surface area contributed by atoms with Crippen molar-refractivity contribution in [2.75, 3.05) is 5.43 Å². The molecular weight excluding hydrogens is 264 g/mol. The van der Waals surface area contributed by atoms with Crippen molar-refractivity contribution >= 4 is 33.2 Å². The summed E-state index contributed by atoms with van der Waals surface area (Å²) in [5.74, 6) is -0.100. The smallest absolute Gasteiger partial charge is 0.268 e. The number of nitrogens with zero attached hydrogens (tertiary/aromatic N) is 1. The van der Waals surface area contributed by atoms with Crippen molar-refractivity contribution in [3.63, 3.8) is 0 Å². The van der Waals surface area contributed by atoms with Gasteiger partial charge in [-0.05, 0) is 40.2 Å². The van der Waals surface area contributed by atoms with Gasteiger partial charge in [0.1, 0.15) is 0 Å². The number of carbonyl (C=O) groups excluding carboxylic acids is 1. The number of thiophene rings is 1. The quantitative estimate of drug-likeness (QED) is 0.895. The molecule has 3 nitrogen and oxygen atoms in total. The summed E-state index contributed by atoms with van der Waals surface area (Å²) in [7, 11) is 0. The fourth-order valence-electron chi connectivity index (χ4n) is 1.02. The van der Waals surface area contributed by atoms with Gasteiger partial charge < -0.3 is 0 Å². The van der Waals surface area contributed by atoms with E-state index < -0.39 is 0 Å². The Kier molecular flexibility index (Phi) is 2.69. The van der Waals surface area contributed by atoms with Gasteiger partial charge in [-0.1, -0.05) is 0 Å². The molecule has 0 unspecified atom stereocenters. The highest BCUT2D eigenvalue weighted by atomic mass is 79.9. The molecule has 0 aliphatic carbocycles. The number of halogens is 1. The van der Waals surface area contributed by atoms with Crippen LogP contribution in [0.3, 0.4) is 0 Å². The van der Waals surface area contributed by atoms with Crippen LogP contribution in [-0.2, 0) is 0 Å². The highest BCUT2D eigenvalue weighted by molar-refractivity contribution is 9.11. The first-order valence-corrected chi connectivity index (χ1v) is 5.56. The van der Waals surface area contributed by atoms with Crippen LogP contribution in [0.1, 0.15) is 9.67 Å². The van der Waals surface area contributed by atoms with Gasteiger partial charge in [0.15, 0.2) is 0 Å². The van der Waals surface area contributed by atoms with Gasteiger partial charge in [-0.3, -0.25) is 14.9 Å². The van der Waals surface area contributed by atoms with E-state index in [1.54, 1.807) is 23.1 Å². The van der Waals surface area contributed by atoms with Gasteiger partial charge in [0.05, 0.1) is 8.66 Å². The lowest BCUT2D eigenvalue weighted by Gasteiger charge is -2.02. The Morgan fingerprint density at radius 1 is 1.36 bits per heavy atom. The van der Waals surface area contributed by atoms with Crippen LogP contribution in [0.25, 0.3) is 0 Å². The summed E-state index contributed by atoms with van der Waals surface area (Å²) < 4.78 is 2.57. The number of hydrogen-bond donors (Lipinski definition) is 1. The molecule has 72 valence electrons. The van der Waals surface area contributed by atoms with E-state index in [0.29, 0.717) is 4.88 Å². The number of amides is 1. The molecular formula is C9H7BrN2OS. The Balaban J connectivity index is 2.10. The van der Waals surface area contributed by atoms with E-state index in [0.717, 1.165) is 3.79 Å². The van der Waals surface area contributed by atoms with Crippen LogP contribution in [-0.4, -0.2) is 10.6 Å². The Labute approximate surface area is 93.5 Å². The minimum absolute atomic E-state index is 0.100. The molecule has 0 aliphatic rings. The molecule has 0 spiro atoms. The Hall–Kier alpha value is -1.07. The topological polar surface area (TPSA) is 34.0 Å². The lowest BCUT2D eigenvalue weighted by Crippen LogP contribution is -2.20. The molecule has 0 atom stereocenters. The average molecular weight is 271 g/mol. The van der Waals surface area contributed by atoms with Gasteiger partial charge in [0, 0.05) is 12.4 Å². The molecule has 5 heteroatoms. The van der Waals surface area contributed by atoms with Crippen molar-refractivity contribution in [1.29, 1.82) is 0 Å². The first-order chi connectivity index (χ1) is 6.75. The Morgan fingerprint density at radius 2 is 2.07 bits per heavy atom. The molecule has 2 aromatic heterocycles. The summed E-state index contributed by atoms with van der Waals surface area (Å²) in [6, 6.07) is 7.35. The van der Waals surface area contributed by atoms with Crippen molar-refractivity contribution < 1.29 is 4.79 Å². The SMILES string of the molecule is O=C(Nn1cccc1)c1ccc(Br)s1. The third-order valence-electron chi connectivity index (χ3n) is 1.63. The lowest BCUT2D eigenvalue weighted by molar-refractivity contribution is 0.101. The van der Waals surface area contributed by atoms with Gasteiger partial charge >= 0.3 is 0 Å². The number of hydrogen-bond acceptors (Lipinski definition) is 2. The van der Waals surface area contributed by atoms with Crippen LogP contribution in [0.15, 0.2) is 40.4 Å². The maximum absolute atomic E-state index is 11.6. The lowest BCUT2D eigenvalue weighted by atomic mass is 10.4. The molecule has 0 fully saturated rings. The van der Waals surface area contributed by atoms with Crippen molar-refractivity contribution in [1.82, 2.24) is 4.68 Å². The largest absolute Gasteiger partial charge is 0.280 e. The van der Waals surface area contributed by atoms with Crippen LogP contribution in [0.4, 0.5) is 0 Å². The van der Waals surface area contributed by atoms with Gasteiger partial charge in [-0.25, -0.2) is 0 Å². The third-order valence-corrected chi connectivity index (χ3v) is 3.25. The van der Waals surface area contributed by atoms with Crippen LogP contribution < -0.4 is 5.43 Å². The molecule has 0 aromatic carbocycles. The summed E-state index contributed by atoms with van der Waals surface area (Å²) >= 11 is 4.72. The Morgan fingerprint density at radius 3 is 2.64 bits per heavy atom. The van der Waals surface area contributed by atoms with E-state index in [9.17, 15) is 4.79 Å². The van der Waals surface area contributed by atoms with E-state index >= 15 is 0 Å². The minimum atomic E-state index is -0.100. The molecule has 2 rings (SSSR count). The summed E-state index contributed by atoms with van der Waals surface area (Å²) in [5.41, 5.74) is 2.72. The van der Waals surface area contributed by atoms with Crippen LogP contribution in [0.5, 0.6) is 0 Å². The van der Waals surface area contributed by atoms with Crippen molar-refractivity contribution in [3.8, 4) is 0 Å². The molecule has 0 aliphatic heterocycles. The zero-order valence-electron chi connectivity index (χ0n) is 7.11. The molecule has 2 heterocycles. The van der Waals surface area contributed by atoms with E-state index in [1.807, 2.05) is 18.2 Å². The highest BCUT2D eigenvalue weighted by Crippen LogP contribution is 2.21. The maximum Gasteiger partial charge on any atom is 0.280 e. The predicted molar refractivity (Wildman–Crippen MR) is 60.1 cm³/mol. The first kappa shape index (κ1) is 9.48. The molecule has 2 aromatic rings. The Bertz CT molecular complexity index is 435. The van der Waals surface area contributed by atoms with E-state index in [-0.39, 0.29) is 5.91 Å². The molecule has 1 amide bonds.